The number of aryl methyl sites for hydroxylation is 1. The molecule has 2 heterocycles. The molecule has 0 saturated heterocycles. The smallest absolute Gasteiger partial charge is 0.349 e. The van der Waals surface area contributed by atoms with Crippen molar-refractivity contribution in [3.05, 3.63) is 27.4 Å². The van der Waals surface area contributed by atoms with Crippen molar-refractivity contribution in [1.82, 2.24) is 19.7 Å². The van der Waals surface area contributed by atoms with Gasteiger partial charge in [-0.05, 0) is 6.92 Å². The Morgan fingerprint density at radius 3 is 2.87 bits per heavy atom. The van der Waals surface area contributed by atoms with E-state index in [1.807, 2.05) is 0 Å². The minimum absolute atomic E-state index is 0.123. The third kappa shape index (κ3) is 1.54. The zero-order valence-electron chi connectivity index (χ0n) is 7.59. The number of hydrogen-bond acceptors (Lipinski definition) is 5. The van der Waals surface area contributed by atoms with Crippen LogP contribution in [0.4, 0.5) is 0 Å². The van der Waals surface area contributed by atoms with Crippen molar-refractivity contribution < 1.29 is 9.90 Å². The second-order valence-corrected chi connectivity index (χ2v) is 3.73. The van der Waals surface area contributed by atoms with Gasteiger partial charge in [-0.1, -0.05) is 11.3 Å². The zero-order chi connectivity index (χ0) is 11.0. The molecule has 2 aromatic rings. The summed E-state index contributed by atoms with van der Waals surface area (Å²) in [6, 6.07) is 0. The van der Waals surface area contributed by atoms with Crippen LogP contribution in [0.5, 0.6) is 0 Å². The summed E-state index contributed by atoms with van der Waals surface area (Å²) in [6.45, 7) is 1.58. The number of aromatic amines is 1. The number of nitrogens with one attached hydrogen (secondary N) is 1. The summed E-state index contributed by atoms with van der Waals surface area (Å²) < 4.78 is 1.16. The molecule has 0 amide bonds. The lowest BCUT2D eigenvalue weighted by molar-refractivity contribution is 0.0701. The van der Waals surface area contributed by atoms with Crippen LogP contribution in [-0.2, 0) is 0 Å². The Hall–Kier alpha value is -1.96. The number of aromatic nitrogens is 4. The molecule has 0 aliphatic heterocycles. The van der Waals surface area contributed by atoms with E-state index >= 15 is 0 Å². The van der Waals surface area contributed by atoms with Crippen molar-refractivity contribution in [3.8, 4) is 5.13 Å². The molecule has 78 valence electrons. The molecule has 0 saturated carbocycles. The molecular weight excluding hydrogens is 220 g/mol. The monoisotopic (exact) mass is 226 g/mol. The Morgan fingerprint density at radius 1 is 1.67 bits per heavy atom. The molecule has 2 aromatic heterocycles. The number of hydrogen-bond donors (Lipinski definition) is 2. The van der Waals surface area contributed by atoms with Crippen LogP contribution < -0.4 is 5.69 Å². The fourth-order valence-corrected chi connectivity index (χ4v) is 1.94. The Morgan fingerprint density at radius 2 is 2.40 bits per heavy atom. The van der Waals surface area contributed by atoms with E-state index in [0.717, 1.165) is 15.9 Å². The third-order valence-corrected chi connectivity index (χ3v) is 2.88. The van der Waals surface area contributed by atoms with E-state index in [4.69, 9.17) is 5.11 Å². The van der Waals surface area contributed by atoms with Gasteiger partial charge >= 0.3 is 11.7 Å². The van der Waals surface area contributed by atoms with E-state index in [2.05, 4.69) is 15.2 Å². The van der Waals surface area contributed by atoms with Crippen LogP contribution in [0.2, 0.25) is 0 Å². The highest BCUT2D eigenvalue weighted by Gasteiger charge is 2.15. The van der Waals surface area contributed by atoms with Gasteiger partial charge in [-0.3, -0.25) is 0 Å². The number of aromatic carboxylic acids is 1. The molecule has 0 radical (unpaired) electrons. The van der Waals surface area contributed by atoms with E-state index in [-0.39, 0.29) is 4.88 Å². The van der Waals surface area contributed by atoms with Gasteiger partial charge in [-0.15, -0.1) is 0 Å². The highest BCUT2D eigenvalue weighted by Crippen LogP contribution is 2.19. The Balaban J connectivity index is 2.57. The Kier molecular flexibility index (Phi) is 2.12. The predicted octanol–water partition coefficient (Wildman–Crippen LogP) is 0.0237. The fraction of sp³-hybridized carbons (Fsp3) is 0.143. The van der Waals surface area contributed by atoms with Crippen molar-refractivity contribution in [3.63, 3.8) is 0 Å². The minimum atomic E-state index is -1.05. The molecule has 0 bridgehead atoms. The second kappa shape index (κ2) is 3.31. The maximum Gasteiger partial charge on any atom is 0.349 e. The number of carbonyl (C=O) groups is 1. The first-order valence-corrected chi connectivity index (χ1v) is 4.74. The van der Waals surface area contributed by atoms with Crippen molar-refractivity contribution in [1.29, 1.82) is 0 Å². The van der Waals surface area contributed by atoms with Gasteiger partial charge < -0.3 is 5.11 Å². The highest BCUT2D eigenvalue weighted by atomic mass is 32.1. The summed E-state index contributed by atoms with van der Waals surface area (Å²) in [5.74, 6) is -1.05. The van der Waals surface area contributed by atoms with Gasteiger partial charge in [0.25, 0.3) is 0 Å². The SMILES string of the molecule is Cc1nc(-n2cn[nH]c2=O)sc1C(=O)O. The van der Waals surface area contributed by atoms with E-state index in [0.29, 0.717) is 10.8 Å². The fourth-order valence-electron chi connectivity index (χ4n) is 1.07. The largest absolute Gasteiger partial charge is 0.477 e. The molecule has 2 rings (SSSR count). The molecule has 7 nitrogen and oxygen atoms in total. The lowest BCUT2D eigenvalue weighted by Gasteiger charge is -1.88. The van der Waals surface area contributed by atoms with Crippen molar-refractivity contribution >= 4 is 17.3 Å². The number of rotatable bonds is 2. The Bertz CT molecular complexity index is 567. The highest BCUT2D eigenvalue weighted by molar-refractivity contribution is 7.16. The van der Waals surface area contributed by atoms with Gasteiger partial charge in [-0.2, -0.15) is 5.10 Å². The second-order valence-electron chi connectivity index (χ2n) is 2.75. The van der Waals surface area contributed by atoms with Crippen LogP contribution >= 0.6 is 11.3 Å². The van der Waals surface area contributed by atoms with Gasteiger partial charge in [0.05, 0.1) is 5.69 Å². The van der Waals surface area contributed by atoms with Gasteiger partial charge in [0.2, 0.25) is 0 Å². The molecule has 0 atom stereocenters. The van der Waals surface area contributed by atoms with Crippen molar-refractivity contribution in [2.75, 3.05) is 0 Å². The molecule has 2 N–H and O–H groups in total. The molecule has 0 fully saturated rings. The van der Waals surface area contributed by atoms with Crippen LogP contribution in [0, 0.1) is 6.92 Å². The van der Waals surface area contributed by atoms with E-state index in [1.165, 1.54) is 6.33 Å². The molecule has 0 aliphatic rings. The third-order valence-electron chi connectivity index (χ3n) is 1.74. The average molecular weight is 226 g/mol. The molecule has 0 unspecified atom stereocenters. The maximum atomic E-state index is 11.2. The minimum Gasteiger partial charge on any atom is -0.477 e. The van der Waals surface area contributed by atoms with Crippen LogP contribution in [0.1, 0.15) is 15.4 Å². The quantitative estimate of drug-likeness (QED) is 0.751. The predicted molar refractivity (Wildman–Crippen MR) is 51.6 cm³/mol. The summed E-state index contributed by atoms with van der Waals surface area (Å²) in [6.07, 6.45) is 1.26. The normalized spacial score (nSPS) is 10.5. The van der Waals surface area contributed by atoms with E-state index in [9.17, 15) is 9.59 Å². The average Bonchev–Trinajstić information content (AvgIpc) is 2.71. The number of H-pyrrole nitrogens is 1. The summed E-state index contributed by atoms with van der Waals surface area (Å²) in [4.78, 5) is 26.0. The molecule has 0 aliphatic carbocycles. The summed E-state index contributed by atoms with van der Waals surface area (Å²) in [7, 11) is 0. The van der Waals surface area contributed by atoms with Gasteiger partial charge in [0, 0.05) is 0 Å². The first-order chi connectivity index (χ1) is 7.09. The van der Waals surface area contributed by atoms with E-state index < -0.39 is 11.7 Å². The van der Waals surface area contributed by atoms with E-state index in [1.54, 1.807) is 6.92 Å². The van der Waals surface area contributed by atoms with Crippen LogP contribution in [0.25, 0.3) is 5.13 Å². The molecular formula is C7H6N4O3S. The Labute approximate surface area is 87.0 Å². The zero-order valence-corrected chi connectivity index (χ0v) is 8.41. The van der Waals surface area contributed by atoms with Crippen molar-refractivity contribution in [2.24, 2.45) is 0 Å². The summed E-state index contributed by atoms with van der Waals surface area (Å²) >= 11 is 0.932. The standard InChI is InChI=1S/C7H6N4O3S/c1-3-4(5(12)13)15-7(9-3)11-2-8-10-6(11)14/h2H,1H3,(H,10,14)(H,12,13). The molecule has 0 spiro atoms. The van der Waals surface area contributed by atoms with Crippen LogP contribution in [0.15, 0.2) is 11.1 Å². The van der Waals surface area contributed by atoms with Crippen molar-refractivity contribution in [2.45, 2.75) is 6.92 Å². The van der Waals surface area contributed by atoms with Crippen LogP contribution in [-0.4, -0.2) is 30.8 Å². The summed E-state index contributed by atoms with van der Waals surface area (Å²) in [5, 5.41) is 14.8. The number of carboxylic acid groups (broad SMARTS) is 1. The molecule has 8 heteroatoms. The topological polar surface area (TPSA) is 101 Å². The first-order valence-electron chi connectivity index (χ1n) is 3.92. The van der Waals surface area contributed by atoms with Gasteiger partial charge in [-0.25, -0.2) is 24.2 Å². The van der Waals surface area contributed by atoms with Gasteiger partial charge in [0.1, 0.15) is 11.2 Å². The molecule has 15 heavy (non-hydrogen) atoms. The van der Waals surface area contributed by atoms with Crippen LogP contribution in [0.3, 0.4) is 0 Å². The number of carboxylic acids is 1. The summed E-state index contributed by atoms with van der Waals surface area (Å²) in [5.41, 5.74) is -0.0590. The lowest BCUT2D eigenvalue weighted by Crippen LogP contribution is -2.13. The number of thiazole rings is 1. The lowest BCUT2D eigenvalue weighted by atomic mass is 10.4. The first kappa shape index (κ1) is 9.59. The van der Waals surface area contributed by atoms with Gasteiger partial charge in [0.15, 0.2) is 5.13 Å². The maximum absolute atomic E-state index is 11.2. The number of nitrogens with zero attached hydrogens (tertiary/aromatic N) is 3. The molecule has 0 aromatic carbocycles.